The van der Waals surface area contributed by atoms with Crippen molar-refractivity contribution in [2.75, 3.05) is 14.1 Å². The van der Waals surface area contributed by atoms with Crippen LogP contribution in [0.25, 0.3) is 11.2 Å². The molecule has 7 heteroatoms. The average molecular weight is 284 g/mol. The fourth-order valence-corrected chi connectivity index (χ4v) is 2.24. The van der Waals surface area contributed by atoms with Crippen LogP contribution in [0.15, 0.2) is 0 Å². The van der Waals surface area contributed by atoms with Crippen molar-refractivity contribution in [2.24, 2.45) is 0 Å². The summed E-state index contributed by atoms with van der Waals surface area (Å²) in [7, 11) is 3.47. The molecule has 0 saturated heterocycles. The third kappa shape index (κ3) is 2.32. The van der Waals surface area contributed by atoms with Crippen LogP contribution in [-0.4, -0.2) is 44.2 Å². The van der Waals surface area contributed by atoms with E-state index in [9.17, 15) is 4.79 Å². The van der Waals surface area contributed by atoms with E-state index in [-0.39, 0.29) is 18.3 Å². The third-order valence-corrected chi connectivity index (χ3v) is 3.33. The number of hydrogen-bond donors (Lipinski definition) is 0. The first-order chi connectivity index (χ1) is 8.99. The highest BCUT2D eigenvalue weighted by molar-refractivity contribution is 6.16. The molecule has 2 aromatic rings. The molecule has 0 aliphatic carbocycles. The van der Waals surface area contributed by atoms with Crippen LogP contribution in [-0.2, 0) is 23.8 Å². The summed E-state index contributed by atoms with van der Waals surface area (Å²) in [6.45, 7) is 4.89. The zero-order valence-corrected chi connectivity index (χ0v) is 12.4. The molecule has 1 amide bonds. The fourth-order valence-electron chi connectivity index (χ4n) is 2.03. The van der Waals surface area contributed by atoms with Gasteiger partial charge in [-0.15, -0.1) is 11.6 Å². The molecular formula is C12H18ClN5O. The van der Waals surface area contributed by atoms with Gasteiger partial charge in [-0.25, -0.2) is 9.67 Å². The topological polar surface area (TPSA) is 56.0 Å². The number of hydrogen-bond acceptors (Lipinski definition) is 3. The minimum Gasteiger partial charge on any atom is -0.347 e. The Labute approximate surface area is 117 Å². The van der Waals surface area contributed by atoms with E-state index in [1.54, 1.807) is 19.0 Å². The molecule has 0 bridgehead atoms. The number of carbonyl (C=O) groups excluding carboxylic acids is 1. The van der Waals surface area contributed by atoms with E-state index in [0.29, 0.717) is 5.82 Å². The number of fused-ring (bicyclic) bond motifs is 1. The minimum absolute atomic E-state index is 0.00664. The van der Waals surface area contributed by atoms with Gasteiger partial charge in [0.25, 0.3) is 0 Å². The van der Waals surface area contributed by atoms with Crippen molar-refractivity contribution in [3.63, 3.8) is 0 Å². The number of rotatable bonds is 4. The maximum absolute atomic E-state index is 11.9. The number of aryl methyl sites for hydroxylation is 2. The van der Waals surface area contributed by atoms with Gasteiger partial charge in [0.05, 0.1) is 11.6 Å². The number of carbonyl (C=O) groups is 1. The Morgan fingerprint density at radius 1 is 1.42 bits per heavy atom. The molecule has 0 unspecified atom stereocenters. The molecule has 19 heavy (non-hydrogen) atoms. The average Bonchev–Trinajstić information content (AvgIpc) is 2.88. The third-order valence-electron chi connectivity index (χ3n) is 3.09. The highest BCUT2D eigenvalue weighted by Gasteiger charge is 2.19. The highest BCUT2D eigenvalue weighted by atomic mass is 35.5. The molecule has 2 rings (SSSR count). The van der Waals surface area contributed by atoms with Crippen LogP contribution >= 0.6 is 11.6 Å². The van der Waals surface area contributed by atoms with E-state index < -0.39 is 0 Å². The minimum atomic E-state index is 0.00664. The second-order valence-corrected chi connectivity index (χ2v) is 4.88. The van der Waals surface area contributed by atoms with Crippen molar-refractivity contribution < 1.29 is 4.79 Å². The molecular weight excluding hydrogens is 266 g/mol. The Bertz CT molecular complexity index is 613. The second-order valence-electron chi connectivity index (χ2n) is 4.61. The van der Waals surface area contributed by atoms with E-state index in [4.69, 9.17) is 11.6 Å². The normalized spacial score (nSPS) is 11.2. The maximum atomic E-state index is 11.9. The molecule has 0 saturated carbocycles. The Hall–Kier alpha value is -1.56. The van der Waals surface area contributed by atoms with E-state index >= 15 is 0 Å². The molecule has 0 N–H and O–H groups in total. The van der Waals surface area contributed by atoms with E-state index in [1.165, 1.54) is 0 Å². The van der Waals surface area contributed by atoms with Crippen LogP contribution in [0.1, 0.15) is 18.4 Å². The first kappa shape index (κ1) is 13.9. The molecule has 2 aromatic heterocycles. The summed E-state index contributed by atoms with van der Waals surface area (Å²) in [4.78, 5) is 18.0. The predicted octanol–water partition coefficient (Wildman–Crippen LogP) is 1.39. The number of aromatic nitrogens is 4. The Balaban J connectivity index is 2.58. The van der Waals surface area contributed by atoms with Crippen LogP contribution < -0.4 is 0 Å². The number of alkyl halides is 1. The number of amides is 1. The van der Waals surface area contributed by atoms with E-state index in [1.807, 2.05) is 23.1 Å². The molecule has 0 aromatic carbocycles. The van der Waals surface area contributed by atoms with Crippen LogP contribution in [0, 0.1) is 6.92 Å². The van der Waals surface area contributed by atoms with Gasteiger partial charge in [-0.05, 0) is 13.8 Å². The van der Waals surface area contributed by atoms with Crippen LogP contribution in [0.5, 0.6) is 0 Å². The van der Waals surface area contributed by atoms with Crippen molar-refractivity contribution in [1.29, 1.82) is 0 Å². The Kier molecular flexibility index (Phi) is 3.80. The molecule has 6 nitrogen and oxygen atoms in total. The van der Waals surface area contributed by atoms with Crippen molar-refractivity contribution in [2.45, 2.75) is 32.8 Å². The lowest BCUT2D eigenvalue weighted by Gasteiger charge is -2.13. The smallest absolute Gasteiger partial charge is 0.242 e. The Morgan fingerprint density at radius 3 is 2.63 bits per heavy atom. The van der Waals surface area contributed by atoms with Crippen LogP contribution in [0.4, 0.5) is 0 Å². The number of imidazole rings is 1. The summed E-state index contributed by atoms with van der Waals surface area (Å²) in [5.74, 6) is 0.986. The van der Waals surface area contributed by atoms with Crippen molar-refractivity contribution in [1.82, 2.24) is 24.2 Å². The number of halogens is 1. The Morgan fingerprint density at radius 2 is 2.11 bits per heavy atom. The van der Waals surface area contributed by atoms with Gasteiger partial charge in [0.2, 0.25) is 5.91 Å². The lowest BCUT2D eigenvalue weighted by molar-refractivity contribution is -0.129. The zero-order valence-electron chi connectivity index (χ0n) is 11.6. The predicted molar refractivity (Wildman–Crippen MR) is 74.2 cm³/mol. The van der Waals surface area contributed by atoms with Gasteiger partial charge in [-0.2, -0.15) is 5.10 Å². The van der Waals surface area contributed by atoms with Crippen LogP contribution in [0.2, 0.25) is 0 Å². The van der Waals surface area contributed by atoms with Gasteiger partial charge in [0.1, 0.15) is 17.9 Å². The first-order valence-electron chi connectivity index (χ1n) is 6.18. The summed E-state index contributed by atoms with van der Waals surface area (Å²) in [6, 6.07) is 0. The molecule has 0 radical (unpaired) electrons. The van der Waals surface area contributed by atoms with E-state index in [2.05, 4.69) is 10.1 Å². The molecule has 0 aliphatic heterocycles. The quantitative estimate of drug-likeness (QED) is 0.797. The molecule has 2 heterocycles. The summed E-state index contributed by atoms with van der Waals surface area (Å²) in [6.07, 6.45) is 0. The summed E-state index contributed by atoms with van der Waals surface area (Å²) in [5, 5.41) is 4.42. The molecule has 0 fully saturated rings. The first-order valence-corrected chi connectivity index (χ1v) is 6.71. The zero-order chi connectivity index (χ0) is 14.2. The van der Waals surface area contributed by atoms with Crippen molar-refractivity contribution in [3.8, 4) is 0 Å². The molecule has 104 valence electrons. The standard InChI is InChI=1S/C12H18ClN5O/c1-5-18-12-11(8(2)15-18)14-9(6-13)17(12)7-10(19)16(3)4/h5-7H2,1-4H3. The van der Waals surface area contributed by atoms with Gasteiger partial charge in [-0.1, -0.05) is 0 Å². The largest absolute Gasteiger partial charge is 0.347 e. The molecule has 0 spiro atoms. The fraction of sp³-hybridized carbons (Fsp3) is 0.583. The maximum Gasteiger partial charge on any atom is 0.242 e. The summed E-state index contributed by atoms with van der Waals surface area (Å²) < 4.78 is 3.71. The SMILES string of the molecule is CCn1nc(C)c2nc(CCl)n(CC(=O)N(C)C)c21. The van der Waals surface area contributed by atoms with Gasteiger partial charge in [0.15, 0.2) is 5.65 Å². The van der Waals surface area contributed by atoms with Crippen molar-refractivity contribution in [3.05, 3.63) is 11.5 Å². The van der Waals surface area contributed by atoms with Gasteiger partial charge in [0, 0.05) is 20.6 Å². The van der Waals surface area contributed by atoms with Crippen LogP contribution in [0.3, 0.4) is 0 Å². The van der Waals surface area contributed by atoms with Gasteiger partial charge in [-0.3, -0.25) is 4.79 Å². The lowest BCUT2D eigenvalue weighted by Crippen LogP contribution is -2.27. The van der Waals surface area contributed by atoms with Gasteiger partial charge >= 0.3 is 0 Å². The van der Waals surface area contributed by atoms with E-state index in [0.717, 1.165) is 23.4 Å². The van der Waals surface area contributed by atoms with Gasteiger partial charge < -0.3 is 9.47 Å². The summed E-state index contributed by atoms with van der Waals surface area (Å²) >= 11 is 5.93. The number of likely N-dealkylation sites (N-methyl/N-ethyl adjacent to an activating group) is 1. The summed E-state index contributed by atoms with van der Waals surface area (Å²) in [5.41, 5.74) is 2.55. The second kappa shape index (κ2) is 5.21. The van der Waals surface area contributed by atoms with Crippen molar-refractivity contribution >= 4 is 28.7 Å². The molecule has 0 aliphatic rings. The lowest BCUT2D eigenvalue weighted by atomic mass is 10.4. The highest BCUT2D eigenvalue weighted by Crippen LogP contribution is 2.21. The number of nitrogens with zero attached hydrogens (tertiary/aromatic N) is 5. The monoisotopic (exact) mass is 283 g/mol. The molecule has 0 atom stereocenters.